The van der Waals surface area contributed by atoms with Crippen molar-refractivity contribution in [2.24, 2.45) is 0 Å². The number of hydrogen-bond acceptors (Lipinski definition) is 1. The fraction of sp³-hybridized carbons (Fsp3) is 0.235. The summed E-state index contributed by atoms with van der Waals surface area (Å²) in [5.41, 5.74) is 3.73. The second kappa shape index (κ2) is 6.58. The second-order valence-electron chi connectivity index (χ2n) is 4.76. The average molecular weight is 287 g/mol. The molecule has 3 heteroatoms. The van der Waals surface area contributed by atoms with E-state index >= 15 is 0 Å². The number of aryl methyl sites for hydroxylation is 3. The highest BCUT2D eigenvalue weighted by atomic mass is 35.5. The third kappa shape index (κ3) is 2.86. The van der Waals surface area contributed by atoms with E-state index in [9.17, 15) is 0 Å². The summed E-state index contributed by atoms with van der Waals surface area (Å²) in [6, 6.07) is 19.0. The number of benzene rings is 2. The van der Waals surface area contributed by atoms with Crippen LogP contribution in [0, 0.1) is 0 Å². The molecule has 2 aromatic carbocycles. The molecular weight excluding hydrogens is 268 g/mol. The monoisotopic (exact) mass is 286 g/mol. The van der Waals surface area contributed by atoms with Gasteiger partial charge in [0.05, 0.1) is 11.0 Å². The molecule has 104 valence electrons. The van der Waals surface area contributed by atoms with E-state index in [2.05, 4.69) is 66.1 Å². The number of halogens is 1. The van der Waals surface area contributed by atoms with E-state index in [0.29, 0.717) is 0 Å². The Hall–Kier alpha value is -1.80. The molecule has 0 aliphatic carbocycles. The van der Waals surface area contributed by atoms with Crippen LogP contribution in [0.4, 0.5) is 0 Å². The van der Waals surface area contributed by atoms with Gasteiger partial charge in [0.2, 0.25) is 0 Å². The number of aromatic nitrogens is 2. The third-order valence-electron chi connectivity index (χ3n) is 3.52. The van der Waals surface area contributed by atoms with Crippen molar-refractivity contribution in [3.8, 4) is 0 Å². The molecule has 0 unspecified atom stereocenters. The lowest BCUT2D eigenvalue weighted by Crippen LogP contribution is -2.05. The Labute approximate surface area is 125 Å². The highest BCUT2D eigenvalue weighted by Gasteiger charge is 2.08. The number of para-hydroxylation sites is 2. The lowest BCUT2D eigenvalue weighted by molar-refractivity contribution is 0.674. The summed E-state index contributed by atoms with van der Waals surface area (Å²) >= 11 is 0. The summed E-state index contributed by atoms with van der Waals surface area (Å²) in [7, 11) is 0. The number of rotatable bonds is 4. The molecule has 2 nitrogen and oxygen atoms in total. The van der Waals surface area contributed by atoms with Gasteiger partial charge in [0, 0.05) is 13.0 Å². The normalized spacial score (nSPS) is 10.4. The Morgan fingerprint density at radius 2 is 1.65 bits per heavy atom. The van der Waals surface area contributed by atoms with Crippen LogP contribution in [0.15, 0.2) is 54.6 Å². The van der Waals surface area contributed by atoms with Crippen LogP contribution >= 0.6 is 12.4 Å². The zero-order valence-corrected chi connectivity index (χ0v) is 12.4. The summed E-state index contributed by atoms with van der Waals surface area (Å²) < 4.78 is 2.35. The molecule has 0 radical (unpaired) electrons. The minimum absolute atomic E-state index is 0. The van der Waals surface area contributed by atoms with E-state index in [1.54, 1.807) is 0 Å². The Balaban J connectivity index is 0.00000147. The molecule has 3 rings (SSSR count). The standard InChI is InChI=1S/C17H18N2.ClH/c1-2-17-18-15-10-6-7-11-16(15)19(17)13-12-14-8-4-3-5-9-14;/h3-11H,2,12-13H2,1H3;1H. The van der Waals surface area contributed by atoms with Crippen molar-refractivity contribution in [2.75, 3.05) is 0 Å². The van der Waals surface area contributed by atoms with Gasteiger partial charge in [-0.15, -0.1) is 12.4 Å². The van der Waals surface area contributed by atoms with Gasteiger partial charge < -0.3 is 4.57 Å². The highest BCUT2D eigenvalue weighted by molar-refractivity contribution is 5.85. The first kappa shape index (κ1) is 14.6. The summed E-state index contributed by atoms with van der Waals surface area (Å²) in [5, 5.41) is 0. The molecule has 0 saturated heterocycles. The Bertz CT molecular complexity index is 674. The summed E-state index contributed by atoms with van der Waals surface area (Å²) in [5.74, 6) is 1.18. The van der Waals surface area contributed by atoms with Crippen molar-refractivity contribution >= 4 is 23.4 Å². The van der Waals surface area contributed by atoms with E-state index in [0.717, 1.165) is 24.9 Å². The number of imidazole rings is 1. The van der Waals surface area contributed by atoms with Gasteiger partial charge in [-0.05, 0) is 24.1 Å². The Morgan fingerprint density at radius 3 is 2.40 bits per heavy atom. The smallest absolute Gasteiger partial charge is 0.109 e. The Kier molecular flexibility index (Phi) is 4.80. The second-order valence-corrected chi connectivity index (χ2v) is 4.76. The molecule has 0 amide bonds. The largest absolute Gasteiger partial charge is 0.328 e. The van der Waals surface area contributed by atoms with Crippen LogP contribution < -0.4 is 0 Å². The molecule has 3 aromatic rings. The van der Waals surface area contributed by atoms with E-state index < -0.39 is 0 Å². The lowest BCUT2D eigenvalue weighted by atomic mass is 10.1. The van der Waals surface area contributed by atoms with Crippen molar-refractivity contribution in [1.82, 2.24) is 9.55 Å². The van der Waals surface area contributed by atoms with Crippen LogP contribution in [0.2, 0.25) is 0 Å². The highest BCUT2D eigenvalue weighted by Crippen LogP contribution is 2.17. The van der Waals surface area contributed by atoms with Crippen molar-refractivity contribution in [2.45, 2.75) is 26.3 Å². The van der Waals surface area contributed by atoms with Crippen LogP contribution in [0.1, 0.15) is 18.3 Å². The van der Waals surface area contributed by atoms with Gasteiger partial charge >= 0.3 is 0 Å². The van der Waals surface area contributed by atoms with Crippen LogP contribution in [0.3, 0.4) is 0 Å². The summed E-state index contributed by atoms with van der Waals surface area (Å²) in [4.78, 5) is 4.71. The fourth-order valence-corrected chi connectivity index (χ4v) is 2.53. The SMILES string of the molecule is CCc1nc2ccccc2n1CCc1ccccc1.Cl. The van der Waals surface area contributed by atoms with Crippen molar-refractivity contribution in [1.29, 1.82) is 0 Å². The molecule has 0 aliphatic heterocycles. The molecule has 0 aliphatic rings. The van der Waals surface area contributed by atoms with Gasteiger partial charge in [-0.1, -0.05) is 49.4 Å². The maximum atomic E-state index is 4.71. The first-order valence-electron chi connectivity index (χ1n) is 6.86. The van der Waals surface area contributed by atoms with E-state index in [1.165, 1.54) is 16.9 Å². The maximum Gasteiger partial charge on any atom is 0.109 e. The average Bonchev–Trinajstić information content (AvgIpc) is 2.84. The van der Waals surface area contributed by atoms with Crippen LogP contribution in [0.5, 0.6) is 0 Å². The van der Waals surface area contributed by atoms with Gasteiger partial charge in [0.25, 0.3) is 0 Å². The molecule has 1 heterocycles. The predicted molar refractivity (Wildman–Crippen MR) is 86.5 cm³/mol. The zero-order valence-electron chi connectivity index (χ0n) is 11.6. The van der Waals surface area contributed by atoms with Crippen LogP contribution in [-0.4, -0.2) is 9.55 Å². The van der Waals surface area contributed by atoms with Gasteiger partial charge in [-0.3, -0.25) is 0 Å². The van der Waals surface area contributed by atoms with Crippen molar-refractivity contribution in [3.63, 3.8) is 0 Å². The van der Waals surface area contributed by atoms with Crippen molar-refractivity contribution < 1.29 is 0 Å². The molecule has 1 aromatic heterocycles. The first-order chi connectivity index (χ1) is 9.38. The number of fused-ring (bicyclic) bond motifs is 1. The van der Waals surface area contributed by atoms with Crippen LogP contribution in [-0.2, 0) is 19.4 Å². The topological polar surface area (TPSA) is 17.8 Å². The minimum Gasteiger partial charge on any atom is -0.328 e. The van der Waals surface area contributed by atoms with Crippen molar-refractivity contribution in [3.05, 3.63) is 66.0 Å². The predicted octanol–water partition coefficient (Wildman–Crippen LogP) is 4.26. The zero-order chi connectivity index (χ0) is 13.1. The molecule has 0 fully saturated rings. The summed E-state index contributed by atoms with van der Waals surface area (Å²) in [6.45, 7) is 3.16. The molecule has 0 atom stereocenters. The number of hydrogen-bond donors (Lipinski definition) is 0. The minimum atomic E-state index is 0. The molecule has 0 bridgehead atoms. The number of nitrogens with zero attached hydrogens (tertiary/aromatic N) is 2. The van der Waals surface area contributed by atoms with Gasteiger partial charge in [-0.25, -0.2) is 4.98 Å². The van der Waals surface area contributed by atoms with Gasteiger partial charge in [0.1, 0.15) is 5.82 Å². The fourth-order valence-electron chi connectivity index (χ4n) is 2.53. The molecule has 0 spiro atoms. The lowest BCUT2D eigenvalue weighted by Gasteiger charge is -2.08. The quantitative estimate of drug-likeness (QED) is 0.700. The first-order valence-corrected chi connectivity index (χ1v) is 6.86. The Morgan fingerprint density at radius 1 is 0.950 bits per heavy atom. The molecular formula is C17H19ClN2. The van der Waals surface area contributed by atoms with Crippen LogP contribution in [0.25, 0.3) is 11.0 Å². The van der Waals surface area contributed by atoms with Gasteiger partial charge in [-0.2, -0.15) is 0 Å². The van der Waals surface area contributed by atoms with E-state index in [1.807, 2.05) is 0 Å². The van der Waals surface area contributed by atoms with Gasteiger partial charge in [0.15, 0.2) is 0 Å². The molecule has 0 N–H and O–H groups in total. The maximum absolute atomic E-state index is 4.71. The van der Waals surface area contributed by atoms with E-state index in [4.69, 9.17) is 4.98 Å². The molecule has 0 saturated carbocycles. The van der Waals surface area contributed by atoms with E-state index in [-0.39, 0.29) is 12.4 Å². The third-order valence-corrected chi connectivity index (χ3v) is 3.52. The molecule has 20 heavy (non-hydrogen) atoms. The summed E-state index contributed by atoms with van der Waals surface area (Å²) in [6.07, 6.45) is 2.03.